The maximum Gasteiger partial charge on any atom is 0.181 e. The number of methoxy groups -OCH3 is 2. The summed E-state index contributed by atoms with van der Waals surface area (Å²) in [4.78, 5) is 30.2. The number of pyridine rings is 1. The molecule has 4 aromatic rings. The lowest BCUT2D eigenvalue weighted by atomic mass is 10.0. The number of hydrogen-bond acceptors (Lipinski definition) is 7. The first kappa shape index (κ1) is 23.4. The number of nitrogens with zero attached hydrogens (tertiary/aromatic N) is 1. The maximum absolute atomic E-state index is 14.2. The first-order valence-corrected chi connectivity index (χ1v) is 11.5. The molecule has 2 aromatic heterocycles. The van der Waals surface area contributed by atoms with Crippen molar-refractivity contribution in [2.24, 2.45) is 0 Å². The monoisotopic (exact) mass is 478 g/mol. The van der Waals surface area contributed by atoms with Crippen LogP contribution in [0.3, 0.4) is 0 Å². The molecule has 0 amide bonds. The highest BCUT2D eigenvalue weighted by molar-refractivity contribution is 7.17. The molecular formula is C26H23FN2O4S. The van der Waals surface area contributed by atoms with E-state index >= 15 is 0 Å². The number of anilines is 1. The molecule has 0 bridgehead atoms. The zero-order chi connectivity index (χ0) is 24.2. The van der Waals surface area contributed by atoms with Crippen molar-refractivity contribution in [3.63, 3.8) is 0 Å². The Hall–Kier alpha value is -3.78. The van der Waals surface area contributed by atoms with E-state index in [-0.39, 0.29) is 35.9 Å². The van der Waals surface area contributed by atoms with Gasteiger partial charge in [-0.1, -0.05) is 12.1 Å². The number of thiophene rings is 1. The fraction of sp³-hybridized carbons (Fsp3) is 0.192. The van der Waals surface area contributed by atoms with Crippen LogP contribution in [-0.2, 0) is 0 Å². The summed E-state index contributed by atoms with van der Waals surface area (Å²) in [6, 6.07) is 13.3. The quantitative estimate of drug-likeness (QED) is 0.297. The molecular weight excluding hydrogens is 455 g/mol. The van der Waals surface area contributed by atoms with E-state index in [1.165, 1.54) is 31.6 Å². The number of fused-ring (bicyclic) bond motifs is 1. The molecule has 4 rings (SSSR count). The van der Waals surface area contributed by atoms with Crippen molar-refractivity contribution in [3.05, 3.63) is 71.0 Å². The van der Waals surface area contributed by atoms with E-state index in [4.69, 9.17) is 9.47 Å². The Morgan fingerprint density at radius 1 is 1.00 bits per heavy atom. The maximum atomic E-state index is 14.2. The Kier molecular flexibility index (Phi) is 6.88. The summed E-state index contributed by atoms with van der Waals surface area (Å²) in [5.74, 6) is 0.253. The highest BCUT2D eigenvalue weighted by Gasteiger charge is 2.17. The van der Waals surface area contributed by atoms with Gasteiger partial charge in [0, 0.05) is 47.5 Å². The number of nitrogens with one attached hydrogen (secondary N) is 1. The molecule has 8 heteroatoms. The van der Waals surface area contributed by atoms with Crippen LogP contribution in [0.2, 0.25) is 0 Å². The van der Waals surface area contributed by atoms with Crippen LogP contribution in [-0.4, -0.2) is 37.8 Å². The number of ketones is 2. The first-order chi connectivity index (χ1) is 16.4. The van der Waals surface area contributed by atoms with Crippen LogP contribution in [0.5, 0.6) is 11.5 Å². The number of carbonyl (C=O) groups is 2. The molecule has 0 aliphatic rings. The first-order valence-electron chi connectivity index (χ1n) is 10.6. The molecule has 0 atom stereocenters. The van der Waals surface area contributed by atoms with Gasteiger partial charge in [-0.3, -0.25) is 9.59 Å². The summed E-state index contributed by atoms with van der Waals surface area (Å²) in [5, 5.41) is 5.62. The number of aromatic nitrogens is 1. The average molecular weight is 479 g/mol. The van der Waals surface area contributed by atoms with E-state index in [0.717, 1.165) is 10.9 Å². The number of halogens is 1. The molecule has 6 nitrogen and oxygen atoms in total. The number of benzene rings is 2. The summed E-state index contributed by atoms with van der Waals surface area (Å²) >= 11 is 1.30. The van der Waals surface area contributed by atoms with Gasteiger partial charge in [-0.05, 0) is 36.4 Å². The van der Waals surface area contributed by atoms with E-state index in [1.54, 1.807) is 37.4 Å². The van der Waals surface area contributed by atoms with Crippen LogP contribution in [0.25, 0.3) is 21.3 Å². The Balaban J connectivity index is 1.57. The van der Waals surface area contributed by atoms with Crippen LogP contribution in [0.1, 0.15) is 33.7 Å². The Bertz CT molecular complexity index is 1380. The van der Waals surface area contributed by atoms with E-state index in [0.29, 0.717) is 33.1 Å². The molecule has 174 valence electrons. The molecule has 0 aliphatic carbocycles. The van der Waals surface area contributed by atoms with Crippen molar-refractivity contribution in [2.45, 2.75) is 12.8 Å². The van der Waals surface area contributed by atoms with Crippen LogP contribution >= 0.6 is 11.3 Å². The van der Waals surface area contributed by atoms with Gasteiger partial charge in [-0.25, -0.2) is 9.37 Å². The van der Waals surface area contributed by atoms with Gasteiger partial charge in [0.1, 0.15) is 11.5 Å². The second-order valence-corrected chi connectivity index (χ2v) is 8.44. The minimum Gasteiger partial charge on any atom is -0.493 e. The summed E-state index contributed by atoms with van der Waals surface area (Å²) < 4.78 is 25.1. The third-order valence-electron chi connectivity index (χ3n) is 5.51. The molecule has 34 heavy (non-hydrogen) atoms. The topological polar surface area (TPSA) is 77.5 Å². The molecule has 0 radical (unpaired) electrons. The largest absolute Gasteiger partial charge is 0.493 e. The zero-order valence-electron chi connectivity index (χ0n) is 19.0. The highest BCUT2D eigenvalue weighted by atomic mass is 32.1. The fourth-order valence-corrected chi connectivity index (χ4v) is 4.65. The number of hydrogen-bond donors (Lipinski definition) is 1. The minimum atomic E-state index is -0.288. The molecule has 0 spiro atoms. The number of rotatable bonds is 9. The molecule has 0 aliphatic heterocycles. The molecule has 0 unspecified atom stereocenters. The average Bonchev–Trinajstić information content (AvgIpc) is 3.31. The normalized spacial score (nSPS) is 10.8. The van der Waals surface area contributed by atoms with Crippen LogP contribution in [0.15, 0.2) is 53.9 Å². The van der Waals surface area contributed by atoms with Gasteiger partial charge in [-0.15, -0.1) is 11.3 Å². The third kappa shape index (κ3) is 4.63. The van der Waals surface area contributed by atoms with Gasteiger partial charge in [0.2, 0.25) is 0 Å². The van der Waals surface area contributed by atoms with Crippen molar-refractivity contribution in [1.29, 1.82) is 0 Å². The van der Waals surface area contributed by atoms with Crippen LogP contribution < -0.4 is 14.8 Å². The third-order valence-corrected chi connectivity index (χ3v) is 6.52. The van der Waals surface area contributed by atoms with Gasteiger partial charge in [0.05, 0.1) is 24.6 Å². The summed E-state index contributed by atoms with van der Waals surface area (Å²) in [7, 11) is 4.77. The van der Waals surface area contributed by atoms with Gasteiger partial charge in [0.15, 0.2) is 23.1 Å². The standard InChI is InChI=1S/C26H23FN2O4S/c1-28-16-12-20(18-14-34-26-17(18)5-4-6-19(26)27)29-21(13-16)23(31)9-8-22(30)15-7-10-24(32-2)25(11-15)33-3/h4-7,10-14H,8-9H2,1-3H3,(H,28,29). The predicted octanol–water partition coefficient (Wildman–Crippen LogP) is 6.01. The van der Waals surface area contributed by atoms with Crippen molar-refractivity contribution in [1.82, 2.24) is 4.98 Å². The Morgan fingerprint density at radius 3 is 2.50 bits per heavy atom. The van der Waals surface area contributed by atoms with Gasteiger partial charge < -0.3 is 14.8 Å². The number of Topliss-reactive ketones (excluding diaryl/α,β-unsaturated/α-hetero) is 2. The van der Waals surface area contributed by atoms with Crippen molar-refractivity contribution < 1.29 is 23.5 Å². The van der Waals surface area contributed by atoms with E-state index in [9.17, 15) is 14.0 Å². The molecule has 2 heterocycles. The minimum absolute atomic E-state index is 0.00575. The van der Waals surface area contributed by atoms with Crippen molar-refractivity contribution in [3.8, 4) is 22.8 Å². The lowest BCUT2D eigenvalue weighted by Crippen LogP contribution is -2.08. The molecule has 1 N–H and O–H groups in total. The van der Waals surface area contributed by atoms with Crippen molar-refractivity contribution in [2.75, 3.05) is 26.6 Å². The number of carbonyl (C=O) groups excluding carboxylic acids is 2. The zero-order valence-corrected chi connectivity index (χ0v) is 19.8. The summed E-state index contributed by atoms with van der Waals surface area (Å²) in [6.07, 6.45) is 0.0352. The van der Waals surface area contributed by atoms with Crippen molar-refractivity contribution >= 4 is 38.7 Å². The second kappa shape index (κ2) is 10.0. The van der Waals surface area contributed by atoms with E-state index in [1.807, 2.05) is 17.5 Å². The Labute approximate surface area is 200 Å². The molecule has 0 saturated heterocycles. The van der Waals surface area contributed by atoms with E-state index < -0.39 is 0 Å². The smallest absolute Gasteiger partial charge is 0.181 e. The van der Waals surface area contributed by atoms with E-state index in [2.05, 4.69) is 10.3 Å². The number of ether oxygens (including phenoxy) is 2. The summed E-state index contributed by atoms with van der Waals surface area (Å²) in [6.45, 7) is 0. The van der Waals surface area contributed by atoms with Crippen LogP contribution in [0, 0.1) is 5.82 Å². The highest BCUT2D eigenvalue weighted by Crippen LogP contribution is 2.35. The fourth-order valence-electron chi connectivity index (χ4n) is 3.69. The van der Waals surface area contributed by atoms with Gasteiger partial charge in [0.25, 0.3) is 0 Å². The summed E-state index contributed by atoms with van der Waals surface area (Å²) in [5.41, 5.74) is 2.72. The second-order valence-electron chi connectivity index (χ2n) is 7.56. The molecule has 0 saturated carbocycles. The molecule has 0 fully saturated rings. The van der Waals surface area contributed by atoms with Gasteiger partial charge in [-0.2, -0.15) is 0 Å². The lowest BCUT2D eigenvalue weighted by molar-refractivity contribution is 0.0915. The predicted molar refractivity (Wildman–Crippen MR) is 132 cm³/mol. The Morgan fingerprint density at radius 2 is 1.76 bits per heavy atom. The lowest BCUT2D eigenvalue weighted by Gasteiger charge is -2.10. The SMILES string of the molecule is CNc1cc(C(=O)CCC(=O)c2ccc(OC)c(OC)c2)nc(-c2csc3c(F)cccc23)c1. The molecule has 2 aromatic carbocycles. The van der Waals surface area contributed by atoms with Gasteiger partial charge >= 0.3 is 0 Å². The van der Waals surface area contributed by atoms with Crippen LogP contribution in [0.4, 0.5) is 10.1 Å².